The van der Waals surface area contributed by atoms with Gasteiger partial charge in [-0.15, -0.1) is 0 Å². The van der Waals surface area contributed by atoms with Crippen LogP contribution in [0.3, 0.4) is 0 Å². The minimum absolute atomic E-state index is 0.737. The Hall–Kier alpha value is -2.05. The molecule has 0 amide bonds. The van der Waals surface area contributed by atoms with Crippen molar-refractivity contribution in [2.24, 2.45) is 0 Å². The SMILES string of the molecule is CN(C)CCN1CCN(CCCCCOc2ccc3c(-c4ccc(Cl)cc4)coc3c2)CC1. The minimum Gasteiger partial charge on any atom is -0.493 e. The van der Waals surface area contributed by atoms with E-state index in [0.717, 1.165) is 52.4 Å². The summed E-state index contributed by atoms with van der Waals surface area (Å²) in [5.74, 6) is 0.869. The Morgan fingerprint density at radius 2 is 1.64 bits per heavy atom. The van der Waals surface area contributed by atoms with Crippen LogP contribution in [0.15, 0.2) is 53.1 Å². The molecule has 0 spiro atoms. The zero-order valence-electron chi connectivity index (χ0n) is 19.9. The van der Waals surface area contributed by atoms with Crippen LogP contribution in [0.1, 0.15) is 19.3 Å². The van der Waals surface area contributed by atoms with Gasteiger partial charge in [0.1, 0.15) is 11.3 Å². The molecule has 1 aliphatic heterocycles. The second-order valence-electron chi connectivity index (χ2n) is 9.21. The maximum absolute atomic E-state index is 6.01. The van der Waals surface area contributed by atoms with Crippen LogP contribution in [0.2, 0.25) is 5.02 Å². The lowest BCUT2D eigenvalue weighted by molar-refractivity contribution is 0.123. The molecule has 1 fully saturated rings. The first-order valence-electron chi connectivity index (χ1n) is 12.1. The van der Waals surface area contributed by atoms with Crippen LogP contribution in [-0.4, -0.2) is 81.2 Å². The molecule has 5 nitrogen and oxygen atoms in total. The highest BCUT2D eigenvalue weighted by molar-refractivity contribution is 6.30. The van der Waals surface area contributed by atoms with Crippen molar-refractivity contribution in [3.05, 3.63) is 53.8 Å². The normalized spacial score (nSPS) is 15.5. The van der Waals surface area contributed by atoms with Gasteiger partial charge in [-0.2, -0.15) is 0 Å². The highest BCUT2D eigenvalue weighted by atomic mass is 35.5. The van der Waals surface area contributed by atoms with Gasteiger partial charge < -0.3 is 19.0 Å². The van der Waals surface area contributed by atoms with Crippen LogP contribution >= 0.6 is 11.6 Å². The second-order valence-corrected chi connectivity index (χ2v) is 9.65. The molecule has 0 N–H and O–H groups in total. The average Bonchev–Trinajstić information content (AvgIpc) is 3.24. The smallest absolute Gasteiger partial charge is 0.138 e. The molecule has 1 aromatic heterocycles. The first-order valence-corrected chi connectivity index (χ1v) is 12.5. The van der Waals surface area contributed by atoms with Crippen molar-refractivity contribution in [2.45, 2.75) is 19.3 Å². The van der Waals surface area contributed by atoms with Crippen molar-refractivity contribution in [3.8, 4) is 16.9 Å². The maximum atomic E-state index is 6.01. The number of likely N-dealkylation sites (N-methyl/N-ethyl adjacent to an activating group) is 1. The largest absolute Gasteiger partial charge is 0.493 e. The van der Waals surface area contributed by atoms with Gasteiger partial charge in [-0.3, -0.25) is 4.90 Å². The molecule has 178 valence electrons. The number of benzene rings is 2. The molecule has 0 radical (unpaired) electrons. The fraction of sp³-hybridized carbons (Fsp3) is 0.481. The predicted molar refractivity (Wildman–Crippen MR) is 137 cm³/mol. The predicted octanol–water partition coefficient (Wildman–Crippen LogP) is 5.48. The lowest BCUT2D eigenvalue weighted by Gasteiger charge is -2.35. The van der Waals surface area contributed by atoms with E-state index in [0.29, 0.717) is 0 Å². The van der Waals surface area contributed by atoms with Gasteiger partial charge in [-0.25, -0.2) is 0 Å². The summed E-state index contributed by atoms with van der Waals surface area (Å²) in [5.41, 5.74) is 3.02. The zero-order valence-corrected chi connectivity index (χ0v) is 20.7. The van der Waals surface area contributed by atoms with E-state index < -0.39 is 0 Å². The molecular weight excluding hydrogens is 434 g/mol. The number of rotatable bonds is 11. The third-order valence-electron chi connectivity index (χ3n) is 6.42. The van der Waals surface area contributed by atoms with Gasteiger partial charge in [0.05, 0.1) is 12.9 Å². The number of ether oxygens (including phenoxy) is 1. The Morgan fingerprint density at radius 3 is 2.36 bits per heavy atom. The molecule has 2 aromatic carbocycles. The number of halogens is 1. The van der Waals surface area contributed by atoms with Crippen LogP contribution in [0.5, 0.6) is 5.75 Å². The highest BCUT2D eigenvalue weighted by Crippen LogP contribution is 2.33. The summed E-state index contributed by atoms with van der Waals surface area (Å²) in [5, 5.41) is 1.83. The molecule has 0 unspecified atom stereocenters. The van der Waals surface area contributed by atoms with E-state index >= 15 is 0 Å². The number of fused-ring (bicyclic) bond motifs is 1. The Morgan fingerprint density at radius 1 is 0.909 bits per heavy atom. The quantitative estimate of drug-likeness (QED) is 0.347. The van der Waals surface area contributed by atoms with Gasteiger partial charge in [0, 0.05) is 61.3 Å². The lowest BCUT2D eigenvalue weighted by Crippen LogP contribution is -2.48. The Labute approximate surface area is 202 Å². The van der Waals surface area contributed by atoms with Crippen LogP contribution in [0, 0.1) is 0 Å². The van der Waals surface area contributed by atoms with Crippen molar-refractivity contribution in [2.75, 3.05) is 66.5 Å². The molecule has 33 heavy (non-hydrogen) atoms. The monoisotopic (exact) mass is 469 g/mol. The molecule has 1 saturated heterocycles. The molecule has 4 rings (SSSR count). The molecule has 1 aliphatic rings. The minimum atomic E-state index is 0.737. The number of hydrogen-bond donors (Lipinski definition) is 0. The van der Waals surface area contributed by atoms with Crippen molar-refractivity contribution >= 4 is 22.6 Å². The number of piperazine rings is 1. The van der Waals surface area contributed by atoms with Crippen LogP contribution in [0.4, 0.5) is 0 Å². The summed E-state index contributed by atoms with van der Waals surface area (Å²) in [7, 11) is 4.29. The van der Waals surface area contributed by atoms with Crippen molar-refractivity contribution < 1.29 is 9.15 Å². The van der Waals surface area contributed by atoms with Gasteiger partial charge in [-0.1, -0.05) is 23.7 Å². The molecule has 2 heterocycles. The molecule has 0 bridgehead atoms. The summed E-state index contributed by atoms with van der Waals surface area (Å²) in [6, 6.07) is 13.9. The number of unbranched alkanes of at least 4 members (excludes halogenated alkanes) is 2. The first-order chi connectivity index (χ1) is 16.1. The summed E-state index contributed by atoms with van der Waals surface area (Å²) in [6.07, 6.45) is 5.32. The van der Waals surface area contributed by atoms with Crippen molar-refractivity contribution in [1.29, 1.82) is 0 Å². The standard InChI is InChI=1S/C27H36ClN3O2/c1-29(2)13-14-31-17-15-30(16-18-31)12-4-3-5-19-32-24-10-11-25-26(21-33-27(25)20-24)22-6-8-23(28)9-7-22/h6-11,20-21H,3-5,12-19H2,1-2H3. The molecular formula is C27H36ClN3O2. The third-order valence-corrected chi connectivity index (χ3v) is 6.67. The Balaban J connectivity index is 1.14. The van der Waals surface area contributed by atoms with Gasteiger partial charge in [0.2, 0.25) is 0 Å². The van der Waals surface area contributed by atoms with E-state index in [1.807, 2.05) is 36.4 Å². The second kappa shape index (κ2) is 11.9. The van der Waals surface area contributed by atoms with E-state index in [9.17, 15) is 0 Å². The van der Waals surface area contributed by atoms with Gasteiger partial charge in [0.25, 0.3) is 0 Å². The number of furan rings is 1. The van der Waals surface area contributed by atoms with Crippen LogP contribution in [0.25, 0.3) is 22.1 Å². The van der Waals surface area contributed by atoms with E-state index in [-0.39, 0.29) is 0 Å². The summed E-state index contributed by atoms with van der Waals surface area (Å²) >= 11 is 6.01. The highest BCUT2D eigenvalue weighted by Gasteiger charge is 2.16. The summed E-state index contributed by atoms with van der Waals surface area (Å²) in [6.45, 7) is 9.08. The molecule has 0 aliphatic carbocycles. The van der Waals surface area contributed by atoms with Gasteiger partial charge >= 0.3 is 0 Å². The molecule has 0 atom stereocenters. The fourth-order valence-electron chi connectivity index (χ4n) is 4.33. The van der Waals surface area contributed by atoms with Crippen molar-refractivity contribution in [3.63, 3.8) is 0 Å². The Kier molecular flexibility index (Phi) is 8.68. The summed E-state index contributed by atoms with van der Waals surface area (Å²) in [4.78, 5) is 7.45. The van der Waals surface area contributed by atoms with Crippen LogP contribution in [-0.2, 0) is 0 Å². The zero-order chi connectivity index (χ0) is 23.0. The fourth-order valence-corrected chi connectivity index (χ4v) is 4.46. The maximum Gasteiger partial charge on any atom is 0.138 e. The third kappa shape index (κ3) is 6.97. The van der Waals surface area contributed by atoms with E-state index in [4.69, 9.17) is 20.8 Å². The molecule has 6 heteroatoms. The van der Waals surface area contributed by atoms with E-state index in [2.05, 4.69) is 34.9 Å². The topological polar surface area (TPSA) is 32.1 Å². The number of nitrogens with zero attached hydrogens (tertiary/aromatic N) is 3. The lowest BCUT2D eigenvalue weighted by atomic mass is 10.0. The molecule has 3 aromatic rings. The molecule has 0 saturated carbocycles. The van der Waals surface area contributed by atoms with Gasteiger partial charge in [0.15, 0.2) is 0 Å². The van der Waals surface area contributed by atoms with Crippen LogP contribution < -0.4 is 4.74 Å². The van der Waals surface area contributed by atoms with E-state index in [1.54, 1.807) is 6.26 Å². The first kappa shape index (κ1) is 24.1. The van der Waals surface area contributed by atoms with Gasteiger partial charge in [-0.05, 0) is 69.7 Å². The van der Waals surface area contributed by atoms with E-state index in [1.165, 1.54) is 52.1 Å². The van der Waals surface area contributed by atoms with Crippen molar-refractivity contribution in [1.82, 2.24) is 14.7 Å². The summed E-state index contributed by atoms with van der Waals surface area (Å²) < 4.78 is 11.8. The number of hydrogen-bond acceptors (Lipinski definition) is 5. The average molecular weight is 470 g/mol. The Bertz CT molecular complexity index is 994.